The number of aromatic nitrogens is 3. The number of nitrogens with zero attached hydrogens (tertiary/aromatic N) is 4. The average Bonchev–Trinajstić information content (AvgIpc) is 2.83. The van der Waals surface area contributed by atoms with Crippen molar-refractivity contribution in [3.05, 3.63) is 52.7 Å². The Morgan fingerprint density at radius 2 is 2.19 bits per heavy atom. The Kier molecular flexibility index (Phi) is 4.53. The predicted molar refractivity (Wildman–Crippen MR) is 78.1 cm³/mol. The van der Waals surface area contributed by atoms with Gasteiger partial charge in [-0.2, -0.15) is 0 Å². The van der Waals surface area contributed by atoms with Gasteiger partial charge in [0, 0.05) is 17.6 Å². The summed E-state index contributed by atoms with van der Waals surface area (Å²) >= 11 is 6.81. The van der Waals surface area contributed by atoms with Crippen LogP contribution in [0.3, 0.4) is 0 Å². The predicted octanol–water partition coefficient (Wildman–Crippen LogP) is 1.49. The highest BCUT2D eigenvalue weighted by atomic mass is 35.5. The van der Waals surface area contributed by atoms with E-state index in [-0.39, 0.29) is 11.0 Å². The topological polar surface area (TPSA) is 100 Å². The van der Waals surface area contributed by atoms with E-state index in [9.17, 15) is 19.7 Å². The monoisotopic (exact) mass is 330 g/mol. The summed E-state index contributed by atoms with van der Waals surface area (Å²) in [6.07, 6.45) is 3.04. The van der Waals surface area contributed by atoms with Gasteiger partial charge in [0.2, 0.25) is 0 Å². The Labute approximate surface area is 127 Å². The second kappa shape index (κ2) is 6.19. The van der Waals surface area contributed by atoms with E-state index in [1.807, 2.05) is 6.92 Å². The van der Waals surface area contributed by atoms with E-state index in [0.717, 1.165) is 22.1 Å². The highest BCUT2D eigenvalue weighted by Gasteiger charge is 2.20. The molecule has 0 unspecified atom stereocenters. The molecule has 2 aromatic heterocycles. The molecule has 0 aliphatic carbocycles. The van der Waals surface area contributed by atoms with Gasteiger partial charge in [-0.25, -0.2) is 14.3 Å². The average molecular weight is 331 g/mol. The number of nitro groups is 1. The van der Waals surface area contributed by atoms with Crippen molar-refractivity contribution in [3.63, 3.8) is 0 Å². The molecule has 0 N–H and O–H groups in total. The van der Waals surface area contributed by atoms with E-state index in [2.05, 4.69) is 4.98 Å². The fourth-order valence-electron chi connectivity index (χ4n) is 1.82. The maximum Gasteiger partial charge on any atom is 0.350 e. The minimum atomic E-state index is -0.929. The summed E-state index contributed by atoms with van der Waals surface area (Å²) < 4.78 is 2.28. The van der Waals surface area contributed by atoms with Crippen LogP contribution in [0.4, 0.5) is 5.69 Å². The lowest BCUT2D eigenvalue weighted by Gasteiger charge is -2.08. The highest BCUT2D eigenvalue weighted by Crippen LogP contribution is 2.18. The molecule has 0 radical (unpaired) electrons. The third kappa shape index (κ3) is 3.19. The summed E-state index contributed by atoms with van der Waals surface area (Å²) in [7, 11) is 0. The summed E-state index contributed by atoms with van der Waals surface area (Å²) in [6.45, 7) is 2.04. The number of hydrogen-bond donors (Lipinski definition) is 0. The Hall–Kier alpha value is -2.00. The molecule has 0 amide bonds. The molecule has 0 fully saturated rings. The lowest BCUT2D eigenvalue weighted by molar-refractivity contribution is -0.387. The molecule has 112 valence electrons. The molecule has 0 atom stereocenters. The van der Waals surface area contributed by atoms with Crippen molar-refractivity contribution in [1.82, 2.24) is 14.1 Å². The lowest BCUT2D eigenvalue weighted by atomic mass is 10.4. The zero-order chi connectivity index (χ0) is 15.6. The molecule has 10 heteroatoms. The molecule has 8 nitrogen and oxygen atoms in total. The van der Waals surface area contributed by atoms with Gasteiger partial charge < -0.3 is 0 Å². The van der Waals surface area contributed by atoms with Gasteiger partial charge in [0.05, 0.1) is 17.7 Å². The molecule has 0 bridgehead atoms. The first-order chi connectivity index (χ1) is 9.93. The van der Waals surface area contributed by atoms with Crippen molar-refractivity contribution < 1.29 is 4.92 Å². The third-order valence-corrected chi connectivity index (χ3v) is 3.82. The molecule has 2 heterocycles. The summed E-state index contributed by atoms with van der Waals surface area (Å²) in [6, 6.07) is 0. The smallest absolute Gasteiger partial charge is 0.293 e. The first-order valence-corrected chi connectivity index (χ1v) is 7.22. The van der Waals surface area contributed by atoms with E-state index in [1.165, 1.54) is 10.8 Å². The fraction of sp³-hybridized carbons (Fsp3) is 0.364. The SMILES string of the molecule is CCCn1cc([N+](=O)[O-])c(=O)n(Cc2cnc(Cl)s2)c1=O. The standard InChI is InChI=1S/C11H11ClN4O4S/c1-2-3-14-6-8(16(19)20)9(17)15(11(14)18)5-7-4-13-10(12)21-7/h4,6H,2-3,5H2,1H3. The largest absolute Gasteiger partial charge is 0.350 e. The van der Waals surface area contributed by atoms with E-state index in [1.54, 1.807) is 0 Å². The van der Waals surface area contributed by atoms with Gasteiger partial charge in [-0.15, -0.1) is 11.3 Å². The van der Waals surface area contributed by atoms with Gasteiger partial charge in [0.25, 0.3) is 0 Å². The number of thiazole rings is 1. The zero-order valence-electron chi connectivity index (χ0n) is 11.0. The van der Waals surface area contributed by atoms with Crippen molar-refractivity contribution in [2.24, 2.45) is 0 Å². The molecule has 21 heavy (non-hydrogen) atoms. The quantitative estimate of drug-likeness (QED) is 0.610. The first-order valence-electron chi connectivity index (χ1n) is 6.03. The molecule has 0 spiro atoms. The van der Waals surface area contributed by atoms with Crippen molar-refractivity contribution in [2.75, 3.05) is 0 Å². The Morgan fingerprint density at radius 1 is 1.48 bits per heavy atom. The van der Waals surface area contributed by atoms with Crippen LogP contribution >= 0.6 is 22.9 Å². The normalized spacial score (nSPS) is 10.8. The molecule has 2 aromatic rings. The number of rotatable bonds is 5. The second-order valence-corrected chi connectivity index (χ2v) is 5.92. The molecular formula is C11H11ClN4O4S. The molecule has 0 saturated carbocycles. The van der Waals surface area contributed by atoms with Crippen LogP contribution in [-0.2, 0) is 13.1 Å². The van der Waals surface area contributed by atoms with Gasteiger partial charge in [-0.05, 0) is 6.42 Å². The van der Waals surface area contributed by atoms with Crippen LogP contribution in [0.5, 0.6) is 0 Å². The minimum absolute atomic E-state index is 0.0898. The van der Waals surface area contributed by atoms with Crippen molar-refractivity contribution in [2.45, 2.75) is 26.4 Å². The number of aryl methyl sites for hydroxylation is 1. The van der Waals surface area contributed by atoms with Gasteiger partial charge >= 0.3 is 16.9 Å². The maximum absolute atomic E-state index is 12.2. The molecule has 2 rings (SSSR count). The van der Waals surface area contributed by atoms with Crippen LogP contribution in [0.2, 0.25) is 4.47 Å². The lowest BCUT2D eigenvalue weighted by Crippen LogP contribution is -2.40. The molecule has 0 aromatic carbocycles. The van der Waals surface area contributed by atoms with E-state index < -0.39 is 21.9 Å². The first kappa shape index (κ1) is 15.4. The zero-order valence-corrected chi connectivity index (χ0v) is 12.6. The summed E-state index contributed by atoms with van der Waals surface area (Å²) in [5.74, 6) is 0. The number of halogens is 1. The highest BCUT2D eigenvalue weighted by molar-refractivity contribution is 7.15. The van der Waals surface area contributed by atoms with E-state index >= 15 is 0 Å². The van der Waals surface area contributed by atoms with Crippen LogP contribution in [-0.4, -0.2) is 19.0 Å². The molecule has 0 aliphatic heterocycles. The summed E-state index contributed by atoms with van der Waals surface area (Å²) in [4.78, 5) is 38.8. The fourth-order valence-corrected chi connectivity index (χ4v) is 2.78. The summed E-state index contributed by atoms with van der Waals surface area (Å²) in [5.41, 5.74) is -2.14. The van der Waals surface area contributed by atoms with Gasteiger partial charge in [-0.1, -0.05) is 18.5 Å². The van der Waals surface area contributed by atoms with Crippen molar-refractivity contribution in [1.29, 1.82) is 0 Å². The molecule has 0 aliphatic rings. The van der Waals surface area contributed by atoms with Gasteiger partial charge in [0.15, 0.2) is 4.47 Å². The molecule has 0 saturated heterocycles. The van der Waals surface area contributed by atoms with Crippen LogP contribution in [0.25, 0.3) is 0 Å². The number of hydrogen-bond acceptors (Lipinski definition) is 6. The second-order valence-electron chi connectivity index (χ2n) is 4.22. The van der Waals surface area contributed by atoms with Crippen LogP contribution in [0.1, 0.15) is 18.2 Å². The summed E-state index contributed by atoms with van der Waals surface area (Å²) in [5, 5.41) is 10.9. The minimum Gasteiger partial charge on any atom is -0.293 e. The van der Waals surface area contributed by atoms with E-state index in [4.69, 9.17) is 11.6 Å². The van der Waals surface area contributed by atoms with Crippen molar-refractivity contribution in [3.8, 4) is 0 Å². The van der Waals surface area contributed by atoms with E-state index in [0.29, 0.717) is 17.8 Å². The van der Waals surface area contributed by atoms with Crippen LogP contribution in [0, 0.1) is 10.1 Å². The maximum atomic E-state index is 12.2. The van der Waals surface area contributed by atoms with Crippen LogP contribution < -0.4 is 11.2 Å². The Balaban J connectivity index is 2.59. The third-order valence-electron chi connectivity index (χ3n) is 2.72. The van der Waals surface area contributed by atoms with Gasteiger partial charge in [-0.3, -0.25) is 19.5 Å². The van der Waals surface area contributed by atoms with Gasteiger partial charge in [0.1, 0.15) is 0 Å². The Bertz CT molecular complexity index is 794. The van der Waals surface area contributed by atoms with Crippen molar-refractivity contribution >= 4 is 28.6 Å². The molecular weight excluding hydrogens is 320 g/mol. The Morgan fingerprint density at radius 3 is 2.71 bits per heavy atom. The van der Waals surface area contributed by atoms with Crippen LogP contribution in [0.15, 0.2) is 22.0 Å².